The van der Waals surface area contributed by atoms with Gasteiger partial charge in [-0.1, -0.05) is 54.1 Å². The summed E-state index contributed by atoms with van der Waals surface area (Å²) in [5, 5.41) is 3.23. The van der Waals surface area contributed by atoms with Crippen molar-refractivity contribution in [1.82, 2.24) is 9.97 Å². The molecule has 2 aromatic heterocycles. The van der Waals surface area contributed by atoms with Gasteiger partial charge in [0.05, 0.1) is 28.8 Å². The van der Waals surface area contributed by atoms with E-state index in [1.54, 1.807) is 25.1 Å². The van der Waals surface area contributed by atoms with Crippen LogP contribution in [0.5, 0.6) is 0 Å². The molecule has 9 heteroatoms. The Balaban J connectivity index is 1.20. The second kappa shape index (κ2) is 11.3. The fourth-order valence-corrected chi connectivity index (χ4v) is 6.43. The number of rotatable bonds is 7. The van der Waals surface area contributed by atoms with Gasteiger partial charge in [-0.3, -0.25) is 4.79 Å². The van der Waals surface area contributed by atoms with Crippen molar-refractivity contribution in [3.8, 4) is 21.8 Å². The highest BCUT2D eigenvalue weighted by Gasteiger charge is 2.31. The van der Waals surface area contributed by atoms with Crippen molar-refractivity contribution in [2.45, 2.75) is 39.7 Å². The van der Waals surface area contributed by atoms with E-state index in [1.165, 1.54) is 23.8 Å². The number of aromatic nitrogens is 2. The molecule has 0 fully saturated rings. The van der Waals surface area contributed by atoms with Gasteiger partial charge in [-0.15, -0.1) is 11.3 Å². The van der Waals surface area contributed by atoms with Crippen LogP contribution in [0.25, 0.3) is 32.9 Å². The number of carbonyl (C=O) groups excluding carboxylic acids is 3. The number of H-pyrrole nitrogens is 1. The molecular formula is C33H29N3O5S. The fourth-order valence-electron chi connectivity index (χ4n) is 5.13. The second-order valence-electron chi connectivity index (χ2n) is 10.2. The topological polar surface area (TPSA) is 110 Å². The zero-order chi connectivity index (χ0) is 29.4. The van der Waals surface area contributed by atoms with E-state index in [0.717, 1.165) is 33.6 Å². The van der Waals surface area contributed by atoms with Crippen LogP contribution >= 0.6 is 11.3 Å². The van der Waals surface area contributed by atoms with Crippen LogP contribution in [0.2, 0.25) is 0 Å². The maximum absolute atomic E-state index is 13.2. The largest absolute Gasteiger partial charge is 0.462 e. The third kappa shape index (κ3) is 5.19. The second-order valence-corrected chi connectivity index (χ2v) is 11.2. The van der Waals surface area contributed by atoms with E-state index in [9.17, 15) is 14.4 Å². The van der Waals surface area contributed by atoms with Crippen molar-refractivity contribution in [3.63, 3.8) is 0 Å². The van der Waals surface area contributed by atoms with Gasteiger partial charge < -0.3 is 19.8 Å². The number of esters is 2. The molecule has 3 aromatic carbocycles. The number of hydrogen-bond acceptors (Lipinski definition) is 7. The standard InChI is InChI=1S/C33H29N3O5S/c1-4-40-33(39)27-24-15-13-20-7-5-6-8-23(20)28(24)42-31(27)36-30(37)19(3)41-32(38)22-14-16-25-26(17-22)35-29(34-25)21-11-9-18(2)10-12-21/h5-12,14,16-17,19H,4,13,15H2,1-3H3,(H,34,35)(H,36,37). The molecule has 8 nitrogen and oxygen atoms in total. The van der Waals surface area contributed by atoms with Crippen molar-refractivity contribution in [2.75, 3.05) is 11.9 Å². The van der Waals surface area contributed by atoms with E-state index in [1.807, 2.05) is 49.4 Å². The van der Waals surface area contributed by atoms with Crippen molar-refractivity contribution in [3.05, 3.63) is 94.5 Å². The molecule has 0 saturated carbocycles. The number of aromatic amines is 1. The third-order valence-electron chi connectivity index (χ3n) is 7.33. The Morgan fingerprint density at radius 2 is 1.81 bits per heavy atom. The minimum absolute atomic E-state index is 0.217. The summed E-state index contributed by atoms with van der Waals surface area (Å²) in [5.41, 5.74) is 7.25. The summed E-state index contributed by atoms with van der Waals surface area (Å²) in [6.45, 7) is 5.49. The highest BCUT2D eigenvalue weighted by atomic mass is 32.1. The predicted octanol–water partition coefficient (Wildman–Crippen LogP) is 6.73. The van der Waals surface area contributed by atoms with E-state index in [2.05, 4.69) is 21.4 Å². The van der Waals surface area contributed by atoms with Crippen LogP contribution in [-0.2, 0) is 27.1 Å². The van der Waals surface area contributed by atoms with Crippen molar-refractivity contribution < 1.29 is 23.9 Å². The first kappa shape index (κ1) is 27.4. The van der Waals surface area contributed by atoms with E-state index >= 15 is 0 Å². The smallest absolute Gasteiger partial charge is 0.341 e. The van der Waals surface area contributed by atoms with Crippen molar-refractivity contribution >= 4 is 45.2 Å². The number of carbonyl (C=O) groups is 3. The molecule has 0 bridgehead atoms. The van der Waals surface area contributed by atoms with Gasteiger partial charge >= 0.3 is 11.9 Å². The zero-order valence-electron chi connectivity index (χ0n) is 23.4. The molecule has 2 heterocycles. The Kier molecular flexibility index (Phi) is 7.34. The number of fused-ring (bicyclic) bond motifs is 4. The summed E-state index contributed by atoms with van der Waals surface area (Å²) < 4.78 is 10.9. The van der Waals surface area contributed by atoms with Crippen LogP contribution in [0.1, 0.15) is 51.3 Å². The monoisotopic (exact) mass is 579 g/mol. The molecule has 5 aromatic rings. The minimum atomic E-state index is -1.11. The zero-order valence-corrected chi connectivity index (χ0v) is 24.3. The third-order valence-corrected chi connectivity index (χ3v) is 8.51. The Morgan fingerprint density at radius 1 is 1.02 bits per heavy atom. The fraction of sp³-hybridized carbons (Fsp3) is 0.212. The summed E-state index contributed by atoms with van der Waals surface area (Å²) in [6, 6.07) is 21.1. The molecule has 2 N–H and O–H groups in total. The Hall–Kier alpha value is -4.76. The van der Waals surface area contributed by atoms with E-state index in [-0.39, 0.29) is 12.2 Å². The van der Waals surface area contributed by atoms with Gasteiger partial charge in [0.15, 0.2) is 6.10 Å². The number of anilines is 1. The molecule has 1 aliphatic carbocycles. The summed E-state index contributed by atoms with van der Waals surface area (Å²) >= 11 is 1.34. The number of hydrogen-bond donors (Lipinski definition) is 2. The predicted molar refractivity (Wildman–Crippen MR) is 163 cm³/mol. The first-order valence-corrected chi connectivity index (χ1v) is 14.6. The molecule has 1 amide bonds. The average molecular weight is 580 g/mol. The lowest BCUT2D eigenvalue weighted by atomic mass is 9.89. The van der Waals surface area contributed by atoms with E-state index in [4.69, 9.17) is 9.47 Å². The molecular weight excluding hydrogens is 550 g/mol. The van der Waals surface area contributed by atoms with Gasteiger partial charge in [-0.2, -0.15) is 0 Å². The highest BCUT2D eigenvalue weighted by molar-refractivity contribution is 7.20. The first-order chi connectivity index (χ1) is 20.3. The average Bonchev–Trinajstić information content (AvgIpc) is 3.58. The van der Waals surface area contributed by atoms with Crippen LogP contribution in [-0.4, -0.2) is 40.5 Å². The number of thiophene rings is 1. The van der Waals surface area contributed by atoms with E-state index in [0.29, 0.717) is 33.8 Å². The molecule has 0 radical (unpaired) electrons. The number of amides is 1. The molecule has 42 heavy (non-hydrogen) atoms. The van der Waals surface area contributed by atoms with Crippen LogP contribution < -0.4 is 5.32 Å². The summed E-state index contributed by atoms with van der Waals surface area (Å²) in [5.74, 6) is -0.963. The van der Waals surface area contributed by atoms with Crippen LogP contribution in [0.4, 0.5) is 5.00 Å². The lowest BCUT2D eigenvalue weighted by Crippen LogP contribution is -2.30. The van der Waals surface area contributed by atoms with Crippen LogP contribution in [0.15, 0.2) is 66.7 Å². The molecule has 1 unspecified atom stereocenters. The molecule has 0 saturated heterocycles. The lowest BCUT2D eigenvalue weighted by Gasteiger charge is -2.16. The maximum atomic E-state index is 13.2. The quantitative estimate of drug-likeness (QED) is 0.207. The van der Waals surface area contributed by atoms with E-state index < -0.39 is 23.9 Å². The molecule has 0 spiro atoms. The van der Waals surface area contributed by atoms with Gasteiger partial charge in [0.25, 0.3) is 5.91 Å². The van der Waals surface area contributed by atoms with Gasteiger partial charge in [0.1, 0.15) is 10.8 Å². The van der Waals surface area contributed by atoms with Gasteiger partial charge in [-0.25, -0.2) is 14.6 Å². The Morgan fingerprint density at radius 3 is 2.60 bits per heavy atom. The maximum Gasteiger partial charge on any atom is 0.341 e. The number of ether oxygens (including phenoxy) is 2. The van der Waals surface area contributed by atoms with Gasteiger partial charge in [0, 0.05) is 10.4 Å². The summed E-state index contributed by atoms with van der Waals surface area (Å²) in [6.07, 6.45) is 0.347. The van der Waals surface area contributed by atoms with Crippen LogP contribution in [0.3, 0.4) is 0 Å². The van der Waals surface area contributed by atoms with Crippen molar-refractivity contribution in [2.24, 2.45) is 0 Å². The SMILES string of the molecule is CCOC(=O)c1c(NC(=O)C(C)OC(=O)c2ccc3nc(-c4ccc(C)cc4)[nH]c3c2)sc2c1CCc1ccccc1-2. The Labute approximate surface area is 246 Å². The molecule has 1 aliphatic rings. The molecule has 212 valence electrons. The van der Waals surface area contributed by atoms with Gasteiger partial charge in [0.2, 0.25) is 0 Å². The van der Waals surface area contributed by atoms with Crippen molar-refractivity contribution in [1.29, 1.82) is 0 Å². The number of imidazole rings is 1. The summed E-state index contributed by atoms with van der Waals surface area (Å²) in [4.78, 5) is 48.0. The minimum Gasteiger partial charge on any atom is -0.462 e. The normalized spacial score (nSPS) is 12.7. The first-order valence-electron chi connectivity index (χ1n) is 13.8. The van der Waals surface area contributed by atoms with Crippen LogP contribution in [0, 0.1) is 6.92 Å². The molecule has 6 rings (SSSR count). The number of nitrogens with zero attached hydrogens (tertiary/aromatic N) is 1. The van der Waals surface area contributed by atoms with Gasteiger partial charge in [-0.05, 0) is 68.5 Å². The Bertz CT molecular complexity index is 1840. The molecule has 1 atom stereocenters. The summed E-state index contributed by atoms with van der Waals surface area (Å²) in [7, 11) is 0. The number of aryl methyl sites for hydroxylation is 2. The highest BCUT2D eigenvalue weighted by Crippen LogP contribution is 2.45. The lowest BCUT2D eigenvalue weighted by molar-refractivity contribution is -0.123. The number of benzene rings is 3. The number of nitrogens with one attached hydrogen (secondary N) is 2. The molecule has 0 aliphatic heterocycles.